The minimum atomic E-state index is 0.154. The van der Waals surface area contributed by atoms with Gasteiger partial charge in [-0.2, -0.15) is 0 Å². The SMILES string of the molecule is CC.CC.CCC(=O)CCCCCCCn1cc(CC(C)C)nn1.CCCc1cn(CCCCNC(=O)CC(C)C)nn1. The fourth-order valence-corrected chi connectivity index (χ4v) is 4.15. The predicted molar refractivity (Wildman–Crippen MR) is 180 cm³/mol. The minimum Gasteiger partial charge on any atom is -0.356 e. The van der Waals surface area contributed by atoms with E-state index in [0.717, 1.165) is 82.4 Å². The summed E-state index contributed by atoms with van der Waals surface area (Å²) in [5.74, 6) is 1.60. The molecule has 0 saturated heterocycles. The second-order valence-corrected chi connectivity index (χ2v) is 11.4. The van der Waals surface area contributed by atoms with Gasteiger partial charge in [-0.05, 0) is 50.4 Å². The van der Waals surface area contributed by atoms with Gasteiger partial charge in [0.15, 0.2) is 0 Å². The van der Waals surface area contributed by atoms with Crippen molar-refractivity contribution in [1.29, 1.82) is 0 Å². The summed E-state index contributed by atoms with van der Waals surface area (Å²) in [5.41, 5.74) is 2.16. The highest BCUT2D eigenvalue weighted by atomic mass is 16.1. The average Bonchev–Trinajstić information content (AvgIpc) is 3.63. The van der Waals surface area contributed by atoms with Crippen LogP contribution in [-0.4, -0.2) is 48.2 Å². The van der Waals surface area contributed by atoms with Crippen LogP contribution in [0.1, 0.15) is 151 Å². The lowest BCUT2D eigenvalue weighted by atomic mass is 10.1. The van der Waals surface area contributed by atoms with Gasteiger partial charge in [0, 0.05) is 51.3 Å². The van der Waals surface area contributed by atoms with Crippen LogP contribution in [0.15, 0.2) is 12.4 Å². The Labute approximate surface area is 264 Å². The topological polar surface area (TPSA) is 108 Å². The normalized spacial score (nSPS) is 10.3. The summed E-state index contributed by atoms with van der Waals surface area (Å²) < 4.78 is 3.85. The van der Waals surface area contributed by atoms with Crippen molar-refractivity contribution in [1.82, 2.24) is 35.3 Å². The first-order valence-electron chi connectivity index (χ1n) is 17.3. The van der Waals surface area contributed by atoms with Gasteiger partial charge >= 0.3 is 0 Å². The van der Waals surface area contributed by atoms with Crippen LogP contribution in [0.25, 0.3) is 0 Å². The number of unbranched alkanes of at least 4 members (excludes halogenated alkanes) is 5. The molecule has 2 aromatic heterocycles. The quantitative estimate of drug-likeness (QED) is 0.153. The molecule has 0 spiro atoms. The number of rotatable bonds is 20. The highest BCUT2D eigenvalue weighted by Crippen LogP contribution is 2.09. The number of ketones is 1. The van der Waals surface area contributed by atoms with Crippen molar-refractivity contribution in [2.24, 2.45) is 11.8 Å². The van der Waals surface area contributed by atoms with E-state index in [4.69, 9.17) is 0 Å². The van der Waals surface area contributed by atoms with Crippen LogP contribution in [0.5, 0.6) is 0 Å². The van der Waals surface area contributed by atoms with Crippen LogP contribution in [0, 0.1) is 11.8 Å². The van der Waals surface area contributed by atoms with E-state index in [1.165, 1.54) is 19.3 Å². The first kappa shape index (κ1) is 42.6. The molecule has 2 aromatic rings. The summed E-state index contributed by atoms with van der Waals surface area (Å²) in [5, 5.41) is 19.5. The molecule has 43 heavy (non-hydrogen) atoms. The third kappa shape index (κ3) is 25.6. The highest BCUT2D eigenvalue weighted by molar-refractivity contribution is 5.77. The molecule has 0 aliphatic carbocycles. The number of amides is 1. The fraction of sp³-hybridized carbons (Fsp3) is 0.824. The van der Waals surface area contributed by atoms with Crippen LogP contribution < -0.4 is 5.32 Å². The Morgan fingerprint density at radius 3 is 1.84 bits per heavy atom. The van der Waals surface area contributed by atoms with Gasteiger partial charge in [0.05, 0.1) is 11.4 Å². The Morgan fingerprint density at radius 1 is 0.744 bits per heavy atom. The van der Waals surface area contributed by atoms with Crippen molar-refractivity contribution in [2.45, 2.75) is 166 Å². The molecule has 1 amide bonds. The monoisotopic (exact) mass is 606 g/mol. The summed E-state index contributed by atoms with van der Waals surface area (Å²) in [6.07, 6.45) is 17.0. The van der Waals surface area contributed by atoms with Crippen LogP contribution in [0.4, 0.5) is 0 Å². The zero-order valence-corrected chi connectivity index (χ0v) is 29.6. The van der Waals surface area contributed by atoms with Gasteiger partial charge in [-0.3, -0.25) is 19.0 Å². The van der Waals surface area contributed by atoms with Gasteiger partial charge in [0.25, 0.3) is 0 Å². The first-order valence-corrected chi connectivity index (χ1v) is 17.3. The van der Waals surface area contributed by atoms with Gasteiger partial charge in [-0.15, -0.1) is 10.2 Å². The lowest BCUT2D eigenvalue weighted by Crippen LogP contribution is -2.25. The lowest BCUT2D eigenvalue weighted by molar-refractivity contribution is -0.122. The van der Waals surface area contributed by atoms with E-state index in [9.17, 15) is 9.59 Å². The minimum absolute atomic E-state index is 0.154. The molecule has 9 nitrogen and oxygen atoms in total. The van der Waals surface area contributed by atoms with Gasteiger partial charge in [-0.25, -0.2) is 0 Å². The van der Waals surface area contributed by atoms with Crippen molar-refractivity contribution in [2.75, 3.05) is 6.54 Å². The highest BCUT2D eigenvalue weighted by Gasteiger charge is 2.05. The second kappa shape index (κ2) is 29.5. The number of aromatic nitrogens is 6. The Balaban J connectivity index is 0. The number of nitrogens with one attached hydrogen (secondary N) is 1. The largest absolute Gasteiger partial charge is 0.356 e. The molecule has 0 aliphatic heterocycles. The third-order valence-corrected chi connectivity index (χ3v) is 6.26. The molecule has 0 bridgehead atoms. The molecular formula is C34H67N7O2. The zero-order chi connectivity index (χ0) is 32.9. The second-order valence-electron chi connectivity index (χ2n) is 11.4. The Bertz CT molecular complexity index is 906. The van der Waals surface area contributed by atoms with E-state index in [1.54, 1.807) is 0 Å². The van der Waals surface area contributed by atoms with Gasteiger partial charge < -0.3 is 5.32 Å². The van der Waals surface area contributed by atoms with Crippen molar-refractivity contribution in [3.63, 3.8) is 0 Å². The van der Waals surface area contributed by atoms with Crippen LogP contribution in [0.3, 0.4) is 0 Å². The van der Waals surface area contributed by atoms with Crippen molar-refractivity contribution >= 4 is 11.7 Å². The summed E-state index contributed by atoms with van der Waals surface area (Å²) in [7, 11) is 0. The van der Waals surface area contributed by atoms with Crippen molar-refractivity contribution < 1.29 is 9.59 Å². The first-order chi connectivity index (χ1) is 20.7. The van der Waals surface area contributed by atoms with Crippen molar-refractivity contribution in [3.05, 3.63) is 23.8 Å². The third-order valence-electron chi connectivity index (χ3n) is 6.26. The van der Waals surface area contributed by atoms with Crippen LogP contribution in [-0.2, 0) is 35.5 Å². The number of nitrogens with zero attached hydrogens (tertiary/aromatic N) is 6. The molecule has 0 aliphatic rings. The maximum Gasteiger partial charge on any atom is 0.220 e. The Morgan fingerprint density at radius 2 is 1.28 bits per heavy atom. The number of hydrogen-bond acceptors (Lipinski definition) is 6. The molecule has 2 heterocycles. The molecular weight excluding hydrogens is 538 g/mol. The van der Waals surface area contributed by atoms with Gasteiger partial charge in [0.1, 0.15) is 5.78 Å². The van der Waals surface area contributed by atoms with E-state index in [1.807, 2.05) is 50.2 Å². The Hall–Kier alpha value is -2.58. The van der Waals surface area contributed by atoms with E-state index >= 15 is 0 Å². The van der Waals surface area contributed by atoms with E-state index < -0.39 is 0 Å². The molecule has 0 fully saturated rings. The number of Topliss-reactive ketones (excluding diaryl/α,β-unsaturated/α-hetero) is 1. The molecule has 0 unspecified atom stereocenters. The molecule has 9 heteroatoms. The number of hydrogen-bond donors (Lipinski definition) is 1. The molecule has 2 rings (SSSR count). The maximum atomic E-state index is 11.4. The van der Waals surface area contributed by atoms with Gasteiger partial charge in [-0.1, -0.05) is 105 Å². The number of carbonyl (C=O) groups excluding carboxylic acids is 2. The number of carbonyl (C=O) groups is 2. The van der Waals surface area contributed by atoms with Crippen molar-refractivity contribution in [3.8, 4) is 0 Å². The fourth-order valence-electron chi connectivity index (χ4n) is 4.15. The number of aryl methyl sites for hydroxylation is 3. The molecule has 0 atom stereocenters. The van der Waals surface area contributed by atoms with Crippen LogP contribution in [0.2, 0.25) is 0 Å². The maximum absolute atomic E-state index is 11.4. The van der Waals surface area contributed by atoms with E-state index in [-0.39, 0.29) is 5.91 Å². The summed E-state index contributed by atoms with van der Waals surface area (Å²) in [4.78, 5) is 22.6. The van der Waals surface area contributed by atoms with Crippen LogP contribution >= 0.6 is 0 Å². The molecule has 0 aromatic carbocycles. The van der Waals surface area contributed by atoms with E-state index in [0.29, 0.717) is 30.5 Å². The van der Waals surface area contributed by atoms with Gasteiger partial charge in [0.2, 0.25) is 5.91 Å². The lowest BCUT2D eigenvalue weighted by Gasteiger charge is -2.06. The predicted octanol–water partition coefficient (Wildman–Crippen LogP) is 8.02. The average molecular weight is 606 g/mol. The molecule has 0 radical (unpaired) electrons. The summed E-state index contributed by atoms with van der Waals surface area (Å²) in [6.45, 7) is 23.2. The summed E-state index contributed by atoms with van der Waals surface area (Å²) >= 11 is 0. The Kier molecular flexibility index (Phi) is 29.2. The zero-order valence-electron chi connectivity index (χ0n) is 29.6. The molecule has 1 N–H and O–H groups in total. The van der Waals surface area contributed by atoms with E-state index in [2.05, 4.69) is 66.8 Å². The summed E-state index contributed by atoms with van der Waals surface area (Å²) in [6, 6.07) is 0. The molecule has 0 saturated carbocycles. The smallest absolute Gasteiger partial charge is 0.220 e. The molecule has 250 valence electrons. The standard InChI is InChI=1S/C16H29N3O.C14H26N4O.2C2H6/c1-4-16(20)10-8-6-5-7-9-11-19-13-15(17-18-19)12-14(2)3;1-4-7-13-11-18(17-16-13)9-6-5-8-15-14(19)10-12(2)3;2*1-2/h13-14H,4-12H2,1-3H3;11-12H,4-10H2,1-3H3,(H,15,19);2*1-2H3.